The molecule has 1 amide bonds. The van der Waals surface area contributed by atoms with Crippen molar-refractivity contribution in [2.45, 2.75) is 19.3 Å². The molecule has 0 atom stereocenters. The molecule has 0 aliphatic carbocycles. The molecule has 2 aromatic rings. The van der Waals surface area contributed by atoms with Crippen LogP contribution in [0, 0.1) is 0 Å². The second kappa shape index (κ2) is 9.24. The summed E-state index contributed by atoms with van der Waals surface area (Å²) in [5, 5.41) is 6.87. The Kier molecular flexibility index (Phi) is 6.47. The van der Waals surface area contributed by atoms with E-state index in [9.17, 15) is 4.79 Å². The number of hydrogen-bond acceptors (Lipinski definition) is 7. The highest BCUT2D eigenvalue weighted by Crippen LogP contribution is 2.14. The Morgan fingerprint density at radius 3 is 2.84 bits per heavy atom. The summed E-state index contributed by atoms with van der Waals surface area (Å²) in [6.45, 7) is 5.23. The molecule has 0 bridgehead atoms. The number of carbonyl (C=O) groups is 1. The highest BCUT2D eigenvalue weighted by molar-refractivity contribution is 5.75. The van der Waals surface area contributed by atoms with Crippen molar-refractivity contribution in [2.24, 2.45) is 0 Å². The molecule has 1 aliphatic heterocycles. The quantitative estimate of drug-likeness (QED) is 0.711. The number of aryl methyl sites for hydroxylation is 1. The third-order valence-corrected chi connectivity index (χ3v) is 4.05. The largest absolute Gasteiger partial charge is 0.379 e. The van der Waals surface area contributed by atoms with Crippen molar-refractivity contribution in [3.05, 3.63) is 30.4 Å². The van der Waals surface area contributed by atoms with Gasteiger partial charge in [-0.05, 0) is 25.1 Å². The fourth-order valence-electron chi connectivity index (χ4n) is 2.64. The van der Waals surface area contributed by atoms with Gasteiger partial charge >= 0.3 is 0 Å². The van der Waals surface area contributed by atoms with Crippen LogP contribution in [-0.4, -0.2) is 65.3 Å². The summed E-state index contributed by atoms with van der Waals surface area (Å²) < 4.78 is 10.5. The van der Waals surface area contributed by atoms with Gasteiger partial charge in [0, 0.05) is 50.4 Å². The first-order valence-corrected chi connectivity index (χ1v) is 8.61. The number of ether oxygens (including phenoxy) is 1. The van der Waals surface area contributed by atoms with Gasteiger partial charge in [0.25, 0.3) is 0 Å². The maximum Gasteiger partial charge on any atom is 0.227 e. The van der Waals surface area contributed by atoms with Crippen LogP contribution >= 0.6 is 0 Å². The van der Waals surface area contributed by atoms with Gasteiger partial charge in [-0.1, -0.05) is 5.16 Å². The van der Waals surface area contributed by atoms with Gasteiger partial charge in [-0.2, -0.15) is 4.98 Å². The predicted octanol–water partition coefficient (Wildman–Crippen LogP) is 0.903. The zero-order chi connectivity index (χ0) is 17.3. The number of carbonyl (C=O) groups excluding carboxylic acids is 1. The normalized spacial score (nSPS) is 15.2. The Hall–Kier alpha value is -2.32. The summed E-state index contributed by atoms with van der Waals surface area (Å²) in [6.07, 6.45) is 5.08. The molecule has 0 radical (unpaired) electrons. The van der Waals surface area contributed by atoms with E-state index in [0.29, 0.717) is 31.1 Å². The Bertz CT molecular complexity index is 655. The van der Waals surface area contributed by atoms with Crippen LogP contribution < -0.4 is 5.32 Å². The predicted molar refractivity (Wildman–Crippen MR) is 90.7 cm³/mol. The number of nitrogens with zero attached hydrogens (tertiary/aromatic N) is 4. The molecule has 1 fully saturated rings. The van der Waals surface area contributed by atoms with Crippen molar-refractivity contribution in [3.8, 4) is 11.4 Å². The van der Waals surface area contributed by atoms with Crippen LogP contribution in [0.5, 0.6) is 0 Å². The molecule has 8 heteroatoms. The van der Waals surface area contributed by atoms with E-state index in [1.54, 1.807) is 12.4 Å². The van der Waals surface area contributed by atoms with E-state index in [4.69, 9.17) is 9.26 Å². The second-order valence-electron chi connectivity index (χ2n) is 5.91. The van der Waals surface area contributed by atoms with E-state index in [1.807, 2.05) is 12.1 Å². The Balaban J connectivity index is 1.33. The van der Waals surface area contributed by atoms with E-state index in [1.165, 1.54) is 0 Å². The number of amides is 1. The maximum absolute atomic E-state index is 11.9. The molecule has 3 rings (SSSR count). The topological polar surface area (TPSA) is 93.4 Å². The van der Waals surface area contributed by atoms with Crippen molar-refractivity contribution >= 4 is 5.91 Å². The van der Waals surface area contributed by atoms with Gasteiger partial charge in [0.2, 0.25) is 17.6 Å². The third kappa shape index (κ3) is 5.61. The lowest BCUT2D eigenvalue weighted by Gasteiger charge is -2.26. The lowest BCUT2D eigenvalue weighted by atomic mass is 10.2. The first-order chi connectivity index (χ1) is 12.3. The molecule has 8 nitrogen and oxygen atoms in total. The minimum absolute atomic E-state index is 0.00522. The summed E-state index contributed by atoms with van der Waals surface area (Å²) in [5.74, 6) is 0.990. The summed E-state index contributed by atoms with van der Waals surface area (Å²) in [4.78, 5) is 22.5. The average molecular weight is 345 g/mol. The summed E-state index contributed by atoms with van der Waals surface area (Å²) in [5.41, 5.74) is 0.845. The number of aromatic nitrogens is 3. The summed E-state index contributed by atoms with van der Waals surface area (Å²) >= 11 is 0. The van der Waals surface area contributed by atoms with Crippen molar-refractivity contribution in [1.82, 2.24) is 25.3 Å². The average Bonchev–Trinajstić information content (AvgIpc) is 3.14. The van der Waals surface area contributed by atoms with Crippen LogP contribution in [0.25, 0.3) is 11.4 Å². The van der Waals surface area contributed by atoms with Gasteiger partial charge in [0.1, 0.15) is 0 Å². The van der Waals surface area contributed by atoms with Crippen molar-refractivity contribution in [3.63, 3.8) is 0 Å². The van der Waals surface area contributed by atoms with Crippen LogP contribution in [0.1, 0.15) is 18.7 Å². The van der Waals surface area contributed by atoms with Crippen LogP contribution in [0.2, 0.25) is 0 Å². The molecule has 1 aliphatic rings. The highest BCUT2D eigenvalue weighted by atomic mass is 16.5. The van der Waals surface area contributed by atoms with Crippen LogP contribution in [-0.2, 0) is 16.0 Å². The van der Waals surface area contributed by atoms with Crippen LogP contribution in [0.3, 0.4) is 0 Å². The molecular formula is C17H23N5O3. The molecule has 0 aromatic carbocycles. The standard InChI is InChI=1S/C17H23N5O3/c23-15(19-6-1-9-22-10-12-24-13-11-22)2-3-16-20-17(21-25-16)14-4-7-18-8-5-14/h4-5,7-8H,1-3,6,9-13H2,(H,19,23). The van der Waals surface area contributed by atoms with Gasteiger partial charge in [-0.15, -0.1) is 0 Å². The lowest BCUT2D eigenvalue weighted by molar-refractivity contribution is -0.121. The van der Waals surface area contributed by atoms with Gasteiger partial charge in [-0.3, -0.25) is 14.7 Å². The molecule has 0 unspecified atom stereocenters. The first-order valence-electron chi connectivity index (χ1n) is 8.61. The fourth-order valence-corrected chi connectivity index (χ4v) is 2.64. The van der Waals surface area contributed by atoms with E-state index in [0.717, 1.165) is 44.8 Å². The van der Waals surface area contributed by atoms with Gasteiger partial charge < -0.3 is 14.6 Å². The van der Waals surface area contributed by atoms with Crippen molar-refractivity contribution in [1.29, 1.82) is 0 Å². The summed E-state index contributed by atoms with van der Waals surface area (Å²) in [7, 11) is 0. The smallest absolute Gasteiger partial charge is 0.227 e. The number of hydrogen-bond donors (Lipinski definition) is 1. The molecular weight excluding hydrogens is 322 g/mol. The second-order valence-corrected chi connectivity index (χ2v) is 5.91. The van der Waals surface area contributed by atoms with Gasteiger partial charge in [0.15, 0.2) is 0 Å². The molecule has 2 aromatic heterocycles. The van der Waals surface area contributed by atoms with Crippen LogP contribution in [0.4, 0.5) is 0 Å². The Morgan fingerprint density at radius 1 is 1.24 bits per heavy atom. The number of morpholine rings is 1. The zero-order valence-corrected chi connectivity index (χ0v) is 14.2. The highest BCUT2D eigenvalue weighted by Gasteiger charge is 2.11. The SMILES string of the molecule is O=C(CCc1nc(-c2ccncc2)no1)NCCCN1CCOCC1. The van der Waals surface area contributed by atoms with E-state index < -0.39 is 0 Å². The van der Waals surface area contributed by atoms with Gasteiger partial charge in [0.05, 0.1) is 13.2 Å². The van der Waals surface area contributed by atoms with Crippen LogP contribution in [0.15, 0.2) is 29.0 Å². The Morgan fingerprint density at radius 2 is 2.04 bits per heavy atom. The fraction of sp³-hybridized carbons (Fsp3) is 0.529. The van der Waals surface area contributed by atoms with E-state index in [-0.39, 0.29) is 5.91 Å². The minimum Gasteiger partial charge on any atom is -0.379 e. The molecule has 1 N–H and O–H groups in total. The lowest BCUT2D eigenvalue weighted by Crippen LogP contribution is -2.38. The molecule has 0 spiro atoms. The first kappa shape index (κ1) is 17.5. The number of rotatable bonds is 8. The third-order valence-electron chi connectivity index (χ3n) is 4.05. The van der Waals surface area contributed by atoms with Crippen molar-refractivity contribution < 1.29 is 14.1 Å². The van der Waals surface area contributed by atoms with Gasteiger partial charge in [-0.25, -0.2) is 0 Å². The Labute approximate surface area is 146 Å². The molecule has 25 heavy (non-hydrogen) atoms. The molecule has 1 saturated heterocycles. The number of pyridine rings is 1. The monoisotopic (exact) mass is 345 g/mol. The molecule has 134 valence electrons. The maximum atomic E-state index is 11.9. The zero-order valence-electron chi connectivity index (χ0n) is 14.2. The van der Waals surface area contributed by atoms with Crippen molar-refractivity contribution in [2.75, 3.05) is 39.4 Å². The van der Waals surface area contributed by atoms with E-state index >= 15 is 0 Å². The number of nitrogens with one attached hydrogen (secondary N) is 1. The molecule has 3 heterocycles. The summed E-state index contributed by atoms with van der Waals surface area (Å²) in [6, 6.07) is 3.63. The minimum atomic E-state index is 0.00522. The molecule has 0 saturated carbocycles. The van der Waals surface area contributed by atoms with E-state index in [2.05, 4.69) is 25.3 Å².